The number of nitrogens with one attached hydrogen (secondary N) is 2. The van der Waals surface area contributed by atoms with Gasteiger partial charge in [-0.1, -0.05) is 19.9 Å². The van der Waals surface area contributed by atoms with Gasteiger partial charge in [0, 0.05) is 18.7 Å². The molecular formula is C28H36N6O8. The number of fused-ring (bicyclic) bond motifs is 1. The summed E-state index contributed by atoms with van der Waals surface area (Å²) in [5.41, 5.74) is 2.21. The normalized spacial score (nSPS) is 15.5. The van der Waals surface area contributed by atoms with Gasteiger partial charge < -0.3 is 25.2 Å². The number of aryl methyl sites for hydroxylation is 1. The number of rotatable bonds is 12. The van der Waals surface area contributed by atoms with Crippen molar-refractivity contribution in [2.75, 3.05) is 31.3 Å². The Labute approximate surface area is 243 Å². The summed E-state index contributed by atoms with van der Waals surface area (Å²) < 4.78 is 10.2. The summed E-state index contributed by atoms with van der Waals surface area (Å²) in [5, 5.41) is 20.3. The highest BCUT2D eigenvalue weighted by atomic mass is 16.7. The number of hydrogen-bond acceptors (Lipinski definition) is 10. The second kappa shape index (κ2) is 14.8. The van der Waals surface area contributed by atoms with Crippen LogP contribution >= 0.6 is 0 Å². The van der Waals surface area contributed by atoms with Crippen LogP contribution in [0, 0.1) is 12.8 Å². The monoisotopic (exact) mass is 584 g/mol. The molecule has 0 bridgehead atoms. The smallest absolute Gasteiger partial charge is 0.423 e. The summed E-state index contributed by atoms with van der Waals surface area (Å²) in [7, 11) is 0. The summed E-state index contributed by atoms with van der Waals surface area (Å²) in [6.45, 7) is 7.80. The number of benzene rings is 1. The molecule has 0 spiro atoms. The van der Waals surface area contributed by atoms with Gasteiger partial charge in [-0.15, -0.1) is 0 Å². The molecule has 0 aliphatic carbocycles. The first-order valence-electron chi connectivity index (χ1n) is 13.7. The van der Waals surface area contributed by atoms with E-state index in [1.807, 2.05) is 13.8 Å². The molecule has 1 aromatic rings. The minimum absolute atomic E-state index is 0.102. The van der Waals surface area contributed by atoms with Gasteiger partial charge >= 0.3 is 18.0 Å². The fourth-order valence-electron chi connectivity index (χ4n) is 4.31. The second-order valence-corrected chi connectivity index (χ2v) is 9.67. The highest BCUT2D eigenvalue weighted by Crippen LogP contribution is 2.34. The summed E-state index contributed by atoms with van der Waals surface area (Å²) in [6.07, 6.45) is 0.944. The Balaban J connectivity index is 1.99. The molecule has 0 radical (unpaired) electrons. The third-order valence-electron chi connectivity index (χ3n) is 6.55. The molecule has 1 aromatic carbocycles. The van der Waals surface area contributed by atoms with Crippen molar-refractivity contribution < 1.29 is 38.6 Å². The van der Waals surface area contributed by atoms with Gasteiger partial charge in [0.1, 0.15) is 12.0 Å². The van der Waals surface area contributed by atoms with Crippen molar-refractivity contribution in [3.63, 3.8) is 0 Å². The van der Waals surface area contributed by atoms with Crippen LogP contribution in [0.1, 0.15) is 62.4 Å². The molecule has 2 heterocycles. The van der Waals surface area contributed by atoms with E-state index >= 15 is 0 Å². The number of ether oxygens (including phenoxy) is 2. The topological polar surface area (TPSA) is 179 Å². The lowest BCUT2D eigenvalue weighted by Crippen LogP contribution is -2.43. The maximum Gasteiger partial charge on any atom is 0.423 e. The van der Waals surface area contributed by atoms with Crippen LogP contribution in [0.25, 0.3) is 0 Å². The molecular weight excluding hydrogens is 548 g/mol. The molecule has 2 aliphatic heterocycles. The molecule has 1 unspecified atom stereocenters. The van der Waals surface area contributed by atoms with Crippen LogP contribution in [0.5, 0.6) is 0 Å². The number of aliphatic carboxylic acids is 1. The van der Waals surface area contributed by atoms with Crippen LogP contribution in [-0.4, -0.2) is 78.6 Å². The Morgan fingerprint density at radius 2 is 1.76 bits per heavy atom. The minimum Gasteiger partial charge on any atom is -0.481 e. The molecule has 0 fully saturated rings. The fraction of sp³-hybridized carbons (Fsp3) is 0.464. The summed E-state index contributed by atoms with van der Waals surface area (Å²) in [5.74, 6) is -2.99. The van der Waals surface area contributed by atoms with Gasteiger partial charge in [-0.05, 0) is 50.0 Å². The van der Waals surface area contributed by atoms with Gasteiger partial charge in [-0.25, -0.2) is 14.7 Å². The summed E-state index contributed by atoms with van der Waals surface area (Å²) >= 11 is 0. The molecule has 2 aliphatic rings. The summed E-state index contributed by atoms with van der Waals surface area (Å²) in [4.78, 5) is 67.4. The van der Waals surface area contributed by atoms with Crippen LogP contribution < -0.4 is 15.5 Å². The predicted octanol–water partition coefficient (Wildman–Crippen LogP) is 2.53. The second-order valence-electron chi connectivity index (χ2n) is 9.67. The number of esters is 1. The van der Waals surface area contributed by atoms with Crippen molar-refractivity contribution >= 4 is 47.7 Å². The average molecular weight is 585 g/mol. The molecule has 3 amide bonds. The number of aliphatic imine (C=N–C) groups is 1. The first-order valence-corrected chi connectivity index (χ1v) is 13.7. The van der Waals surface area contributed by atoms with Crippen molar-refractivity contribution in [3.05, 3.63) is 40.6 Å². The summed E-state index contributed by atoms with van der Waals surface area (Å²) in [6, 6.07) is 4.83. The van der Waals surface area contributed by atoms with Crippen LogP contribution in [-0.2, 0) is 23.9 Å². The largest absolute Gasteiger partial charge is 0.481 e. The highest BCUT2D eigenvalue weighted by Gasteiger charge is 2.41. The van der Waals surface area contributed by atoms with E-state index in [4.69, 9.17) is 14.6 Å². The predicted molar refractivity (Wildman–Crippen MR) is 153 cm³/mol. The number of carbonyl (C=O) groups is 5. The number of anilines is 1. The van der Waals surface area contributed by atoms with Gasteiger partial charge in [0.25, 0.3) is 5.91 Å². The maximum atomic E-state index is 13.6. The number of amidine groups is 1. The van der Waals surface area contributed by atoms with Crippen LogP contribution in [0.2, 0.25) is 0 Å². The molecule has 14 nitrogen and oxygen atoms in total. The number of nitrogens with zero attached hydrogens (tertiary/aromatic N) is 4. The van der Waals surface area contributed by atoms with Gasteiger partial charge in [-0.3, -0.25) is 24.2 Å². The lowest BCUT2D eigenvalue weighted by molar-refractivity contribution is -0.154. The molecule has 14 heteroatoms. The van der Waals surface area contributed by atoms with E-state index < -0.39 is 43.6 Å². The molecule has 0 saturated heterocycles. The van der Waals surface area contributed by atoms with E-state index in [2.05, 4.69) is 20.7 Å². The zero-order chi connectivity index (χ0) is 30.8. The molecule has 1 atom stereocenters. The standard InChI is InChI=1S/C28H36N6O8/c1-5-11-29-26(38)19-8-7-17(3)21(13-19)34(28(40)42-16-41-23(37)10-9-22(35)36)25-24-18(4)20(27(39)30-12-6-2)14-33(24)32-15-31-25/h7-8,13,15,20H,5-6,9-12,14,16H2,1-4H3,(H,29,38)(H,30,39)(H,35,36). The Morgan fingerprint density at radius 1 is 1.05 bits per heavy atom. The van der Waals surface area contributed by atoms with Gasteiger partial charge in [0.15, 0.2) is 5.84 Å². The third kappa shape index (κ3) is 7.71. The van der Waals surface area contributed by atoms with Crippen LogP contribution in [0.4, 0.5) is 10.5 Å². The van der Waals surface area contributed by atoms with E-state index in [0.29, 0.717) is 29.9 Å². The van der Waals surface area contributed by atoms with Gasteiger partial charge in [-0.2, -0.15) is 5.10 Å². The molecule has 3 N–H and O–H groups in total. The molecule has 42 heavy (non-hydrogen) atoms. The molecule has 226 valence electrons. The van der Waals surface area contributed by atoms with Crippen molar-refractivity contribution in [2.45, 2.75) is 53.4 Å². The molecule has 0 aromatic heterocycles. The zero-order valence-corrected chi connectivity index (χ0v) is 24.1. The zero-order valence-electron chi connectivity index (χ0n) is 24.1. The average Bonchev–Trinajstić information content (AvgIpc) is 3.31. The Hall–Kier alpha value is -4.75. The van der Waals surface area contributed by atoms with E-state index in [-0.39, 0.29) is 35.4 Å². The minimum atomic E-state index is -1.17. The van der Waals surface area contributed by atoms with Crippen molar-refractivity contribution in [2.24, 2.45) is 16.0 Å². The lowest BCUT2D eigenvalue weighted by atomic mass is 10.0. The number of carbonyl (C=O) groups excluding carboxylic acids is 4. The first-order chi connectivity index (χ1) is 20.1. The number of hydrogen-bond donors (Lipinski definition) is 3. The lowest BCUT2D eigenvalue weighted by Gasteiger charge is -2.30. The third-order valence-corrected chi connectivity index (χ3v) is 6.55. The quantitative estimate of drug-likeness (QED) is 0.246. The van der Waals surface area contributed by atoms with E-state index in [0.717, 1.165) is 17.7 Å². The van der Waals surface area contributed by atoms with Crippen LogP contribution in [0.15, 0.2) is 39.6 Å². The van der Waals surface area contributed by atoms with Crippen molar-refractivity contribution in [3.8, 4) is 0 Å². The molecule has 0 saturated carbocycles. The SMILES string of the molecule is CCCNC(=O)c1ccc(C)c(N(C(=O)OCOC(=O)CCC(=O)O)C2=NC=NN3CC(C(=O)NCCC)C(C)=C23)c1. The van der Waals surface area contributed by atoms with Crippen LogP contribution in [0.3, 0.4) is 0 Å². The number of hydrazone groups is 1. The number of amides is 3. The Kier molecular flexibility index (Phi) is 11.2. The van der Waals surface area contributed by atoms with Gasteiger partial charge in [0.2, 0.25) is 12.7 Å². The van der Waals surface area contributed by atoms with E-state index in [1.165, 1.54) is 12.4 Å². The number of carboxylic acid groups (broad SMARTS) is 1. The number of carboxylic acids is 1. The highest BCUT2D eigenvalue weighted by molar-refractivity contribution is 6.24. The first kappa shape index (κ1) is 31.8. The maximum absolute atomic E-state index is 13.6. The van der Waals surface area contributed by atoms with E-state index in [9.17, 15) is 24.0 Å². The van der Waals surface area contributed by atoms with E-state index in [1.54, 1.807) is 31.0 Å². The van der Waals surface area contributed by atoms with Crippen molar-refractivity contribution in [1.29, 1.82) is 0 Å². The fourth-order valence-corrected chi connectivity index (χ4v) is 4.31. The molecule has 3 rings (SSSR count). The Bertz CT molecular complexity index is 1320. The van der Waals surface area contributed by atoms with Gasteiger partial charge in [0.05, 0.1) is 31.0 Å². The Morgan fingerprint density at radius 3 is 2.45 bits per heavy atom. The van der Waals surface area contributed by atoms with Crippen molar-refractivity contribution in [1.82, 2.24) is 15.6 Å².